The number of hydrogen-bond donors (Lipinski definition) is 2. The maximum absolute atomic E-state index is 13.9. The summed E-state index contributed by atoms with van der Waals surface area (Å²) in [6, 6.07) is 0. The number of allylic oxidation sites excluding steroid dienone is 2. The average molecular weight is 658 g/mol. The first-order valence-corrected chi connectivity index (χ1v) is 18.5. The molecule has 0 saturated heterocycles. The highest BCUT2D eigenvalue weighted by atomic mass is 16.5. The number of rotatable bonds is 9. The Morgan fingerprint density at radius 3 is 2.38 bits per heavy atom. The summed E-state index contributed by atoms with van der Waals surface area (Å²) in [7, 11) is 0. The van der Waals surface area contributed by atoms with Gasteiger partial charge in [-0.15, -0.1) is 0 Å². The lowest BCUT2D eigenvalue weighted by Crippen LogP contribution is -2.63. The molecule has 4 saturated carbocycles. The van der Waals surface area contributed by atoms with Gasteiger partial charge in [-0.05, 0) is 117 Å². The van der Waals surface area contributed by atoms with E-state index in [0.29, 0.717) is 48.1 Å². The van der Waals surface area contributed by atoms with Crippen molar-refractivity contribution in [1.29, 1.82) is 0 Å². The summed E-state index contributed by atoms with van der Waals surface area (Å²) < 4.78 is 6.58. The summed E-state index contributed by atoms with van der Waals surface area (Å²) in [5.74, 6) is 2.30. The van der Waals surface area contributed by atoms with E-state index in [1.165, 1.54) is 18.4 Å². The molecule has 1 heterocycles. The zero-order valence-corrected chi connectivity index (χ0v) is 30.7. The molecule has 0 bridgehead atoms. The van der Waals surface area contributed by atoms with Crippen molar-refractivity contribution in [3.63, 3.8) is 0 Å². The minimum atomic E-state index is -0.902. The topological polar surface area (TPSA) is 101 Å². The first-order chi connectivity index (χ1) is 22.4. The molecule has 1 aromatic rings. The number of nitrogens with one attached hydrogen (secondary N) is 1. The van der Waals surface area contributed by atoms with Gasteiger partial charge in [0, 0.05) is 30.7 Å². The zero-order valence-electron chi connectivity index (χ0n) is 30.7. The molecule has 0 amide bonds. The number of nitrogens with zero attached hydrogens (tertiary/aromatic N) is 2. The van der Waals surface area contributed by atoms with Gasteiger partial charge in [0.25, 0.3) is 0 Å². The summed E-state index contributed by atoms with van der Waals surface area (Å²) in [4.78, 5) is 34.4. The number of aromatic nitrogens is 2. The van der Waals surface area contributed by atoms with Crippen LogP contribution >= 0.6 is 0 Å². The van der Waals surface area contributed by atoms with Crippen LogP contribution < -0.4 is 5.32 Å². The highest BCUT2D eigenvalue weighted by molar-refractivity contribution is 6.01. The quantitative estimate of drug-likeness (QED) is 0.256. The lowest BCUT2D eigenvalue weighted by Gasteiger charge is -2.69. The van der Waals surface area contributed by atoms with Crippen molar-refractivity contribution >= 4 is 17.4 Å². The highest BCUT2D eigenvalue weighted by Gasteiger charge is 2.66. The third-order valence-electron chi connectivity index (χ3n) is 14.3. The number of hydrogen-bond acceptors (Lipinski definition) is 6. The predicted molar refractivity (Wildman–Crippen MR) is 189 cm³/mol. The predicted octanol–water partition coefficient (Wildman–Crippen LogP) is 8.78. The van der Waals surface area contributed by atoms with Gasteiger partial charge in [-0.3, -0.25) is 19.6 Å². The maximum Gasteiger partial charge on any atom is 0.309 e. The molecule has 8 unspecified atom stereocenters. The SMILES string of the molecule is C=C(CC(C)(C)C(=O)O)OC1CCC2(C)C(CCC3(C)C4CCC5(NC(=C)c6cnccn6)CC(=O)C(C(C)C)=C5C4CCC32)C1(C)C. The minimum Gasteiger partial charge on any atom is -0.495 e. The summed E-state index contributed by atoms with van der Waals surface area (Å²) in [6.45, 7) is 26.4. The molecule has 0 aromatic carbocycles. The van der Waals surface area contributed by atoms with E-state index in [4.69, 9.17) is 4.74 Å². The second kappa shape index (κ2) is 11.8. The second-order valence-electron chi connectivity index (χ2n) is 18.2. The Hall–Kier alpha value is -2.96. The van der Waals surface area contributed by atoms with Crippen LogP contribution in [0.3, 0.4) is 0 Å². The molecule has 0 aliphatic heterocycles. The van der Waals surface area contributed by atoms with Gasteiger partial charge in [0.1, 0.15) is 11.8 Å². The molecule has 48 heavy (non-hydrogen) atoms. The number of carboxylic acid groups (broad SMARTS) is 1. The van der Waals surface area contributed by atoms with E-state index in [-0.39, 0.29) is 28.3 Å². The number of ether oxygens (including phenoxy) is 1. The molecule has 8 atom stereocenters. The van der Waals surface area contributed by atoms with Crippen molar-refractivity contribution < 1.29 is 19.4 Å². The van der Waals surface area contributed by atoms with Gasteiger partial charge in [0.2, 0.25) is 0 Å². The Morgan fingerprint density at radius 2 is 1.73 bits per heavy atom. The Balaban J connectivity index is 1.27. The molecule has 7 nitrogen and oxygen atoms in total. The standard InChI is InChI=1S/C41H59N3O4/c1-24(2)34-30(45)22-41(44-26(4)29-23-42-19-20-43-29)18-13-28-27(35(34)41)11-12-32-39(28,9)16-14-31-38(7,8)33(15-17-40(31,32)10)48-25(3)21-37(5,6)36(46)47/h19-20,23-24,27-28,31-33,44H,3-4,11-18,21-22H2,1-2,5-10H3,(H,46,47). The van der Waals surface area contributed by atoms with Crippen LogP contribution in [-0.2, 0) is 14.3 Å². The first-order valence-electron chi connectivity index (χ1n) is 18.5. The normalized spacial score (nSPS) is 37.2. The summed E-state index contributed by atoms with van der Waals surface area (Å²) in [5.41, 5.74) is 2.97. The van der Waals surface area contributed by atoms with Crippen LogP contribution in [0.25, 0.3) is 5.70 Å². The number of ketones is 1. The largest absolute Gasteiger partial charge is 0.495 e. The van der Waals surface area contributed by atoms with Crippen molar-refractivity contribution in [3.05, 3.63) is 54.3 Å². The summed E-state index contributed by atoms with van der Waals surface area (Å²) >= 11 is 0. The van der Waals surface area contributed by atoms with E-state index in [1.807, 2.05) is 0 Å². The molecule has 5 aliphatic carbocycles. The summed E-state index contributed by atoms with van der Waals surface area (Å²) in [5, 5.41) is 13.5. The molecule has 7 heteroatoms. The van der Waals surface area contributed by atoms with Crippen LogP contribution in [0.4, 0.5) is 0 Å². The molecular weight excluding hydrogens is 598 g/mol. The molecule has 0 spiro atoms. The molecular formula is C41H59N3O4. The van der Waals surface area contributed by atoms with Crippen molar-refractivity contribution in [2.75, 3.05) is 0 Å². The molecule has 262 valence electrons. The van der Waals surface area contributed by atoms with Crippen LogP contribution in [0.2, 0.25) is 0 Å². The third-order valence-corrected chi connectivity index (χ3v) is 14.3. The fourth-order valence-electron chi connectivity index (χ4n) is 12.2. The zero-order chi connectivity index (χ0) is 35.0. The summed E-state index contributed by atoms with van der Waals surface area (Å²) in [6.07, 6.45) is 14.7. The monoisotopic (exact) mass is 657 g/mol. The number of carbonyl (C=O) groups is 2. The number of Topliss-reactive ketones (excluding diaryl/α,β-unsaturated/α-hetero) is 1. The number of carboxylic acids is 1. The van der Waals surface area contributed by atoms with Gasteiger partial charge in [0.15, 0.2) is 5.78 Å². The van der Waals surface area contributed by atoms with Gasteiger partial charge in [-0.2, -0.15) is 0 Å². The molecule has 5 aliphatic rings. The minimum absolute atomic E-state index is 0.0281. The van der Waals surface area contributed by atoms with Crippen LogP contribution in [0.15, 0.2) is 48.7 Å². The van der Waals surface area contributed by atoms with Crippen LogP contribution in [0.5, 0.6) is 0 Å². The molecule has 2 N–H and O–H groups in total. The number of aliphatic carboxylic acids is 1. The van der Waals surface area contributed by atoms with Crippen LogP contribution in [0.1, 0.15) is 125 Å². The average Bonchev–Trinajstić information content (AvgIpc) is 3.30. The molecule has 4 fully saturated rings. The first kappa shape index (κ1) is 34.9. The third kappa shape index (κ3) is 5.37. The van der Waals surface area contributed by atoms with Crippen LogP contribution in [0, 0.1) is 51.2 Å². The van der Waals surface area contributed by atoms with Gasteiger partial charge in [-0.25, -0.2) is 0 Å². The Bertz CT molecular complexity index is 1530. The Kier molecular flexibility index (Phi) is 8.60. The van der Waals surface area contributed by atoms with Crippen molar-refractivity contribution in [1.82, 2.24) is 15.3 Å². The molecule has 1 aromatic heterocycles. The smallest absolute Gasteiger partial charge is 0.309 e. The molecule has 6 rings (SSSR count). The lowest BCUT2D eigenvalue weighted by atomic mass is 9.37. The van der Waals surface area contributed by atoms with Gasteiger partial charge in [0.05, 0.1) is 28.6 Å². The van der Waals surface area contributed by atoms with Crippen molar-refractivity contribution in [2.45, 2.75) is 131 Å². The number of fused-ring (bicyclic) bond motifs is 7. The Labute approximate surface area is 288 Å². The van der Waals surface area contributed by atoms with E-state index < -0.39 is 16.9 Å². The van der Waals surface area contributed by atoms with Gasteiger partial charge in [-0.1, -0.05) is 54.7 Å². The van der Waals surface area contributed by atoms with Gasteiger partial charge < -0.3 is 15.2 Å². The van der Waals surface area contributed by atoms with Gasteiger partial charge >= 0.3 is 5.97 Å². The fraction of sp³-hybridized carbons (Fsp3) is 0.707. The van der Waals surface area contributed by atoms with E-state index >= 15 is 0 Å². The highest BCUT2D eigenvalue weighted by Crippen LogP contribution is 2.72. The fourth-order valence-corrected chi connectivity index (χ4v) is 12.2. The van der Waals surface area contributed by atoms with E-state index in [9.17, 15) is 14.7 Å². The van der Waals surface area contributed by atoms with Crippen molar-refractivity contribution in [2.24, 2.45) is 51.2 Å². The van der Waals surface area contributed by atoms with E-state index in [2.05, 4.69) is 70.0 Å². The second-order valence-corrected chi connectivity index (χ2v) is 18.2. The van der Waals surface area contributed by atoms with Crippen LogP contribution in [-0.4, -0.2) is 38.5 Å². The molecule has 0 radical (unpaired) electrons. The lowest BCUT2D eigenvalue weighted by molar-refractivity contribution is -0.205. The van der Waals surface area contributed by atoms with Crippen molar-refractivity contribution in [3.8, 4) is 0 Å². The van der Waals surface area contributed by atoms with E-state index in [1.54, 1.807) is 32.4 Å². The Morgan fingerprint density at radius 1 is 1.02 bits per heavy atom. The maximum atomic E-state index is 13.9. The number of carbonyl (C=O) groups excluding carboxylic acids is 1. The van der Waals surface area contributed by atoms with E-state index in [0.717, 1.165) is 55.5 Å².